The van der Waals surface area contributed by atoms with Gasteiger partial charge in [0, 0.05) is 12.1 Å². The summed E-state index contributed by atoms with van der Waals surface area (Å²) in [6, 6.07) is 8.25. The topological polar surface area (TPSA) is 114 Å². The third kappa shape index (κ3) is 6.67. The van der Waals surface area contributed by atoms with Gasteiger partial charge in [0.25, 0.3) is 5.69 Å². The minimum Gasteiger partial charge on any atom is -0.495 e. The molecule has 32 heavy (non-hydrogen) atoms. The van der Waals surface area contributed by atoms with Crippen molar-refractivity contribution in [2.75, 3.05) is 37.4 Å². The summed E-state index contributed by atoms with van der Waals surface area (Å²) in [7, 11) is 1.33. The lowest BCUT2D eigenvalue weighted by molar-refractivity contribution is -0.384. The number of halogens is 3. The Morgan fingerprint density at radius 3 is 2.19 bits per heavy atom. The molecule has 2 rings (SSSR count). The second kappa shape index (κ2) is 10.6. The molecule has 0 aliphatic carbocycles. The van der Waals surface area contributed by atoms with Crippen molar-refractivity contribution in [3.63, 3.8) is 0 Å². The molecule has 2 amide bonds. The van der Waals surface area contributed by atoms with Crippen LogP contribution in [0.1, 0.15) is 12.5 Å². The smallest absolute Gasteiger partial charge is 0.418 e. The summed E-state index contributed by atoms with van der Waals surface area (Å²) >= 11 is 0. The van der Waals surface area contributed by atoms with Crippen molar-refractivity contribution < 1.29 is 32.4 Å². The Balaban J connectivity index is 2.04. The third-order valence-electron chi connectivity index (χ3n) is 4.36. The summed E-state index contributed by atoms with van der Waals surface area (Å²) < 4.78 is 44.3. The number of ether oxygens (including phenoxy) is 1. The highest BCUT2D eigenvalue weighted by Crippen LogP contribution is 2.34. The Bertz CT molecular complexity index is 997. The number of methoxy groups -OCH3 is 1. The average Bonchev–Trinajstić information content (AvgIpc) is 2.72. The number of hydrogen-bond donors (Lipinski definition) is 2. The molecule has 0 aromatic heterocycles. The molecule has 0 fully saturated rings. The molecule has 12 heteroatoms. The lowest BCUT2D eigenvalue weighted by Gasteiger charge is -2.20. The molecule has 0 spiro atoms. The van der Waals surface area contributed by atoms with Crippen LogP contribution >= 0.6 is 0 Å². The molecule has 0 atom stereocenters. The number of amides is 2. The van der Waals surface area contributed by atoms with E-state index in [0.29, 0.717) is 0 Å². The number of nitro groups is 1. The van der Waals surface area contributed by atoms with Crippen LogP contribution in [0, 0.1) is 10.1 Å². The molecule has 0 heterocycles. The second-order valence-electron chi connectivity index (χ2n) is 6.58. The van der Waals surface area contributed by atoms with Crippen LogP contribution in [0.2, 0.25) is 0 Å². The van der Waals surface area contributed by atoms with E-state index in [9.17, 15) is 32.9 Å². The van der Waals surface area contributed by atoms with Gasteiger partial charge in [-0.3, -0.25) is 24.6 Å². The largest absolute Gasteiger partial charge is 0.495 e. The number of benzene rings is 2. The number of anilines is 2. The molecule has 0 saturated heterocycles. The van der Waals surface area contributed by atoms with E-state index in [1.165, 1.54) is 36.3 Å². The Morgan fingerprint density at radius 2 is 1.66 bits per heavy atom. The van der Waals surface area contributed by atoms with E-state index in [4.69, 9.17) is 4.74 Å². The second-order valence-corrected chi connectivity index (χ2v) is 6.58. The lowest BCUT2D eigenvalue weighted by Crippen LogP contribution is -2.38. The van der Waals surface area contributed by atoms with Gasteiger partial charge in [0.15, 0.2) is 0 Å². The van der Waals surface area contributed by atoms with E-state index < -0.39 is 28.5 Å². The monoisotopic (exact) mass is 454 g/mol. The summed E-state index contributed by atoms with van der Waals surface area (Å²) in [5.41, 5.74) is -1.54. The van der Waals surface area contributed by atoms with Gasteiger partial charge in [-0.1, -0.05) is 19.1 Å². The highest BCUT2D eigenvalue weighted by Gasteiger charge is 2.33. The highest BCUT2D eigenvalue weighted by atomic mass is 19.4. The van der Waals surface area contributed by atoms with Crippen molar-refractivity contribution in [1.82, 2.24) is 4.90 Å². The van der Waals surface area contributed by atoms with Gasteiger partial charge in [-0.15, -0.1) is 0 Å². The van der Waals surface area contributed by atoms with E-state index in [1.54, 1.807) is 6.92 Å². The minimum atomic E-state index is -4.63. The van der Waals surface area contributed by atoms with Gasteiger partial charge in [-0.05, 0) is 24.7 Å². The SMILES string of the molecule is CCN(CC(=O)Nc1cc([N+](=O)[O-])ccc1OC)CC(=O)Nc1ccccc1C(F)(F)F. The molecule has 0 aliphatic heterocycles. The molecular formula is C20H21F3N4O5. The van der Waals surface area contributed by atoms with Crippen molar-refractivity contribution in [1.29, 1.82) is 0 Å². The van der Waals surface area contributed by atoms with Gasteiger partial charge in [-0.2, -0.15) is 13.2 Å². The van der Waals surface area contributed by atoms with Crippen LogP contribution in [0.4, 0.5) is 30.2 Å². The molecule has 0 unspecified atom stereocenters. The fourth-order valence-corrected chi connectivity index (χ4v) is 2.81. The summed E-state index contributed by atoms with van der Waals surface area (Å²) in [5.74, 6) is -1.12. The molecular weight excluding hydrogens is 433 g/mol. The number of hydrogen-bond acceptors (Lipinski definition) is 6. The van der Waals surface area contributed by atoms with Crippen molar-refractivity contribution in [3.05, 3.63) is 58.1 Å². The normalized spacial score (nSPS) is 11.2. The first kappa shape index (κ1) is 24.6. The number of likely N-dealkylation sites (N-methyl/N-ethyl adjacent to an activating group) is 1. The lowest BCUT2D eigenvalue weighted by atomic mass is 10.1. The van der Waals surface area contributed by atoms with Crippen LogP contribution in [-0.4, -0.2) is 48.4 Å². The Kier molecular flexibility index (Phi) is 8.13. The number of nitrogens with zero attached hydrogens (tertiary/aromatic N) is 2. The number of alkyl halides is 3. The van der Waals surface area contributed by atoms with Gasteiger partial charge in [0.1, 0.15) is 5.75 Å². The van der Waals surface area contributed by atoms with Crippen molar-refractivity contribution in [2.45, 2.75) is 13.1 Å². The van der Waals surface area contributed by atoms with Gasteiger partial charge in [-0.25, -0.2) is 0 Å². The Morgan fingerprint density at radius 1 is 1.06 bits per heavy atom. The van der Waals surface area contributed by atoms with Crippen molar-refractivity contribution in [3.8, 4) is 5.75 Å². The quantitative estimate of drug-likeness (QED) is 0.443. The maximum absolute atomic E-state index is 13.1. The number of carbonyl (C=O) groups excluding carboxylic acids is 2. The zero-order chi connectivity index (χ0) is 23.9. The summed E-state index contributed by atoms with van der Waals surface area (Å²) in [5, 5.41) is 15.6. The number of carbonyl (C=O) groups is 2. The highest BCUT2D eigenvalue weighted by molar-refractivity contribution is 5.96. The third-order valence-corrected chi connectivity index (χ3v) is 4.36. The van der Waals surface area contributed by atoms with E-state index in [0.717, 1.165) is 18.2 Å². The van der Waals surface area contributed by atoms with Crippen LogP contribution in [0.15, 0.2) is 42.5 Å². The van der Waals surface area contributed by atoms with E-state index in [1.807, 2.05) is 0 Å². The number of non-ortho nitro benzene ring substituents is 1. The van der Waals surface area contributed by atoms with E-state index in [-0.39, 0.29) is 42.4 Å². The predicted octanol–water partition coefficient (Wildman–Crippen LogP) is 3.52. The number of para-hydroxylation sites is 1. The minimum absolute atomic E-state index is 0.0753. The molecule has 2 aromatic rings. The molecule has 2 aromatic carbocycles. The fourth-order valence-electron chi connectivity index (χ4n) is 2.81. The van der Waals surface area contributed by atoms with Gasteiger partial charge in [0.2, 0.25) is 11.8 Å². The van der Waals surface area contributed by atoms with E-state index in [2.05, 4.69) is 10.6 Å². The zero-order valence-electron chi connectivity index (χ0n) is 17.2. The van der Waals surface area contributed by atoms with Crippen LogP contribution in [0.25, 0.3) is 0 Å². The summed E-state index contributed by atoms with van der Waals surface area (Å²) in [6.45, 7) is 1.28. The number of rotatable bonds is 9. The predicted molar refractivity (Wildman–Crippen MR) is 110 cm³/mol. The molecule has 0 bridgehead atoms. The Labute approximate surface area is 181 Å². The first-order valence-corrected chi connectivity index (χ1v) is 9.35. The summed E-state index contributed by atoms with van der Waals surface area (Å²) in [4.78, 5) is 36.4. The zero-order valence-corrected chi connectivity index (χ0v) is 17.2. The molecule has 2 N–H and O–H groups in total. The maximum atomic E-state index is 13.1. The van der Waals surface area contributed by atoms with Crippen LogP contribution in [0.5, 0.6) is 5.75 Å². The number of nitrogens with one attached hydrogen (secondary N) is 2. The van der Waals surface area contributed by atoms with Crippen LogP contribution in [0.3, 0.4) is 0 Å². The Hall–Kier alpha value is -3.67. The fraction of sp³-hybridized carbons (Fsp3) is 0.300. The summed E-state index contributed by atoms with van der Waals surface area (Å²) in [6.07, 6.45) is -4.63. The van der Waals surface area contributed by atoms with Gasteiger partial charge in [0.05, 0.1) is 42.1 Å². The van der Waals surface area contributed by atoms with Gasteiger partial charge >= 0.3 is 6.18 Å². The number of nitro benzene ring substituents is 1. The molecule has 0 aliphatic rings. The first-order valence-electron chi connectivity index (χ1n) is 9.35. The standard InChI is InChI=1S/C20H21F3N4O5/c1-3-26(11-18(28)24-15-7-5-4-6-14(15)20(21,22)23)12-19(29)25-16-10-13(27(30)31)8-9-17(16)32-2/h4-10H,3,11-12H2,1-2H3,(H,24,28)(H,25,29). The van der Waals surface area contributed by atoms with Crippen LogP contribution in [-0.2, 0) is 15.8 Å². The van der Waals surface area contributed by atoms with Crippen LogP contribution < -0.4 is 15.4 Å². The van der Waals surface area contributed by atoms with Gasteiger partial charge < -0.3 is 15.4 Å². The molecule has 172 valence electrons. The van der Waals surface area contributed by atoms with Crippen molar-refractivity contribution in [2.24, 2.45) is 0 Å². The molecule has 0 saturated carbocycles. The average molecular weight is 454 g/mol. The maximum Gasteiger partial charge on any atom is 0.418 e. The molecule has 9 nitrogen and oxygen atoms in total. The van der Waals surface area contributed by atoms with E-state index >= 15 is 0 Å². The first-order chi connectivity index (χ1) is 15.0. The van der Waals surface area contributed by atoms with Crippen molar-refractivity contribution >= 4 is 28.9 Å². The molecule has 0 radical (unpaired) electrons.